The molecule has 0 radical (unpaired) electrons. The number of nitrogens with one attached hydrogen (secondary N) is 1. The first-order valence-corrected chi connectivity index (χ1v) is 33.6. The Kier molecular flexibility index (Phi) is 22.4. The molecule has 1 aliphatic carbocycles. The van der Waals surface area contributed by atoms with Crippen LogP contribution < -0.4 is 33.2 Å². The number of anilines is 1. The third-order valence-electron chi connectivity index (χ3n) is 20.2. The lowest BCUT2D eigenvalue weighted by Gasteiger charge is -2.56. The van der Waals surface area contributed by atoms with Gasteiger partial charge in [-0.25, -0.2) is 4.98 Å². The van der Waals surface area contributed by atoms with Crippen LogP contribution >= 0.6 is 11.3 Å². The van der Waals surface area contributed by atoms with Crippen molar-refractivity contribution in [2.45, 2.75) is 156 Å². The third kappa shape index (κ3) is 15.4. The fourth-order valence-corrected chi connectivity index (χ4v) is 15.7. The monoisotopic (exact) mass is 1210 g/mol. The molecule has 4 unspecified atom stereocenters. The minimum Gasteiger partial charge on any atom is -0.507 e. The number of rotatable bonds is 18. The number of aromatic nitrogens is 4. The summed E-state index contributed by atoms with van der Waals surface area (Å²) in [5, 5.41) is 22.8. The highest BCUT2D eigenvalue weighted by Gasteiger charge is 2.49. The molecule has 474 valence electrons. The molecule has 0 bridgehead atoms. The van der Waals surface area contributed by atoms with Gasteiger partial charge in [-0.2, -0.15) is 5.10 Å². The Morgan fingerprint density at radius 2 is 1.47 bits per heavy atom. The number of aryl methyl sites for hydroxylation is 1. The van der Waals surface area contributed by atoms with Crippen LogP contribution in [0.15, 0.2) is 88.9 Å². The van der Waals surface area contributed by atoms with Crippen LogP contribution in [0.3, 0.4) is 0 Å². The van der Waals surface area contributed by atoms with Gasteiger partial charge in [-0.15, -0.1) is 11.3 Å². The molecule has 8 heterocycles. The predicted molar refractivity (Wildman–Crippen MR) is 351 cm³/mol. The lowest BCUT2D eigenvalue weighted by Crippen LogP contribution is -2.56. The molecule has 2 aromatic carbocycles. The van der Waals surface area contributed by atoms with E-state index in [-0.39, 0.29) is 41.4 Å². The molecular weight excluding hydrogens is 1110 g/mol. The van der Waals surface area contributed by atoms with Crippen LogP contribution in [0.4, 0.5) is 5.82 Å². The van der Waals surface area contributed by atoms with Crippen molar-refractivity contribution in [1.29, 1.82) is 0 Å². The van der Waals surface area contributed by atoms with Crippen molar-refractivity contribution in [2.24, 2.45) is 52.0 Å². The van der Waals surface area contributed by atoms with Crippen molar-refractivity contribution in [1.82, 2.24) is 44.8 Å². The molecule has 18 nitrogen and oxygen atoms in total. The Morgan fingerprint density at radius 3 is 2.09 bits per heavy atom. The van der Waals surface area contributed by atoms with Gasteiger partial charge in [0.05, 0.1) is 34.4 Å². The van der Waals surface area contributed by atoms with Gasteiger partial charge in [-0.05, 0) is 203 Å². The van der Waals surface area contributed by atoms with E-state index in [1.807, 2.05) is 51.5 Å². The number of para-hydroxylation sites is 1. The maximum absolute atomic E-state index is 14.4. The zero-order chi connectivity index (χ0) is 61.9. The van der Waals surface area contributed by atoms with Gasteiger partial charge in [-0.1, -0.05) is 69.2 Å². The number of carbonyl (C=O) groups excluding carboxylic acids is 2. The second-order valence-electron chi connectivity index (χ2n) is 26.0. The predicted octanol–water partition coefficient (Wildman–Crippen LogP) is 9.95. The summed E-state index contributed by atoms with van der Waals surface area (Å²) in [6, 6.07) is 17.5. The van der Waals surface area contributed by atoms with Crippen LogP contribution in [0.2, 0.25) is 0 Å². The van der Waals surface area contributed by atoms with Crippen molar-refractivity contribution in [3.63, 3.8) is 0 Å². The standard InChI is InChI=1S/C65H91N13O4S.C2H6.CH5N/c1-42(2)60(64(81)77-24-8-10-56(77)63(80)71-43(3)48-12-14-50(15-13-48)61-44(4)69-41-83-61)58-34-59(72-82-58)76-27-18-47(19-28-76)38-73-25-16-46(17-26-73)39-74-31-22-65(23-32-74)35-52(36-65)75-29-20-49(21-30-75)45(5)78-40-51(37-70-78)54(62(67)68)33-55(66)53-9-6-7-11-57(53)79;2*1-2/h6-7,9,11-15,33-34,37,40-43,45-47,49,52,56,60,79H,8,10,16-32,35-36,38-39,66-68H2,1-5H3,(H,71,80);1-2H3;2H2,1H3/b55-33-;;. The molecular formula is C68H102N14O4S. The number of nitrogens with zero attached hydrogens (tertiary/aromatic N) is 9. The van der Waals surface area contributed by atoms with Gasteiger partial charge in [-0.3, -0.25) is 14.3 Å². The molecule has 11 rings (SSSR count). The summed E-state index contributed by atoms with van der Waals surface area (Å²) in [6.07, 6.45) is 19.6. The van der Waals surface area contributed by atoms with Crippen LogP contribution in [-0.4, -0.2) is 148 Å². The Morgan fingerprint density at radius 1 is 0.828 bits per heavy atom. The van der Waals surface area contributed by atoms with Gasteiger partial charge in [0.1, 0.15) is 23.5 Å². The van der Waals surface area contributed by atoms with E-state index in [9.17, 15) is 14.7 Å². The molecule has 6 aliphatic rings. The number of nitrogens with two attached hydrogens (primary N) is 4. The number of benzene rings is 2. The van der Waals surface area contributed by atoms with E-state index >= 15 is 0 Å². The smallest absolute Gasteiger partial charge is 0.243 e. The summed E-state index contributed by atoms with van der Waals surface area (Å²) in [5.74, 6) is 2.98. The molecule has 5 aliphatic heterocycles. The minimum atomic E-state index is -0.515. The number of phenols is 1. The number of hydrogen-bond donors (Lipinski definition) is 6. The normalized spacial score (nSPS) is 21.4. The first-order chi connectivity index (χ1) is 42.1. The van der Waals surface area contributed by atoms with E-state index in [1.165, 1.54) is 97.7 Å². The average Bonchev–Trinajstić information content (AvgIpc) is 2.04. The Labute approximate surface area is 522 Å². The summed E-state index contributed by atoms with van der Waals surface area (Å²) in [7, 11) is 1.50. The Balaban J connectivity index is 0.00000221. The number of aromatic hydroxyl groups is 1. The maximum Gasteiger partial charge on any atom is 0.243 e. The second kappa shape index (κ2) is 29.8. The fourth-order valence-electron chi connectivity index (χ4n) is 14.9. The number of carbonyl (C=O) groups is 2. The summed E-state index contributed by atoms with van der Waals surface area (Å²) in [5.41, 5.74) is 31.1. The second-order valence-corrected chi connectivity index (χ2v) is 26.8. The molecule has 2 amide bonds. The van der Waals surface area contributed by atoms with Crippen LogP contribution in [0.25, 0.3) is 21.7 Å². The van der Waals surface area contributed by atoms with E-state index in [2.05, 4.69) is 90.5 Å². The van der Waals surface area contributed by atoms with Crippen LogP contribution in [0, 0.1) is 36.0 Å². The van der Waals surface area contributed by atoms with Gasteiger partial charge in [0.15, 0.2) is 11.6 Å². The quantitative estimate of drug-likeness (QED) is 0.0447. The first-order valence-electron chi connectivity index (χ1n) is 32.7. The zero-order valence-corrected chi connectivity index (χ0v) is 54.2. The van der Waals surface area contributed by atoms with Gasteiger partial charge in [0.25, 0.3) is 0 Å². The molecule has 87 heavy (non-hydrogen) atoms. The van der Waals surface area contributed by atoms with Crippen molar-refractivity contribution in [2.75, 3.05) is 83.9 Å². The molecule has 1 spiro atoms. The number of piperidine rings is 4. The van der Waals surface area contributed by atoms with Gasteiger partial charge in [0, 0.05) is 73.4 Å². The van der Waals surface area contributed by atoms with E-state index in [0.29, 0.717) is 52.8 Å². The van der Waals surface area contributed by atoms with Crippen LogP contribution in [-0.2, 0) is 9.59 Å². The van der Waals surface area contributed by atoms with Gasteiger partial charge < -0.3 is 62.4 Å². The number of hydrogen-bond acceptors (Lipinski definition) is 16. The summed E-state index contributed by atoms with van der Waals surface area (Å²) in [6.45, 7) is 26.5. The molecule has 5 saturated heterocycles. The van der Waals surface area contributed by atoms with E-state index in [1.54, 1.807) is 46.7 Å². The lowest BCUT2D eigenvalue weighted by atomic mass is 9.59. The van der Waals surface area contributed by atoms with Crippen molar-refractivity contribution in [3.8, 4) is 16.2 Å². The van der Waals surface area contributed by atoms with E-state index in [4.69, 9.17) is 26.8 Å². The number of phenolic OH excluding ortho intramolecular Hbond substituents is 1. The van der Waals surface area contributed by atoms with E-state index < -0.39 is 12.0 Å². The molecule has 4 atom stereocenters. The minimum absolute atomic E-state index is 0.0229. The third-order valence-corrected chi connectivity index (χ3v) is 21.2. The lowest BCUT2D eigenvalue weighted by molar-refractivity contribution is -0.141. The van der Waals surface area contributed by atoms with E-state index in [0.717, 1.165) is 90.5 Å². The largest absolute Gasteiger partial charge is 0.507 e. The van der Waals surface area contributed by atoms with Gasteiger partial charge in [0.2, 0.25) is 11.8 Å². The molecule has 19 heteroatoms. The fraction of sp³-hybridized carbons (Fsp3) is 0.603. The topological polar surface area (TPSA) is 243 Å². The van der Waals surface area contributed by atoms with Crippen LogP contribution in [0.5, 0.6) is 5.75 Å². The molecule has 5 aromatic rings. The maximum atomic E-state index is 14.4. The molecule has 1 saturated carbocycles. The van der Waals surface area contributed by atoms with Crippen molar-refractivity contribution < 1.29 is 19.2 Å². The first kappa shape index (κ1) is 65.2. The number of amides is 2. The van der Waals surface area contributed by atoms with Gasteiger partial charge >= 0.3 is 0 Å². The summed E-state index contributed by atoms with van der Waals surface area (Å²) >= 11 is 1.63. The molecule has 6 fully saturated rings. The highest BCUT2D eigenvalue weighted by Crippen LogP contribution is 2.52. The highest BCUT2D eigenvalue weighted by molar-refractivity contribution is 7.13. The number of allylic oxidation sites excluding steroid dienone is 2. The molecule has 10 N–H and O–H groups in total. The Bertz CT molecular complexity index is 3050. The number of thiazole rings is 1. The van der Waals surface area contributed by atoms with Crippen molar-refractivity contribution >= 4 is 40.2 Å². The number of likely N-dealkylation sites (tertiary alicyclic amines) is 4. The van der Waals surface area contributed by atoms with Crippen LogP contribution in [0.1, 0.15) is 165 Å². The molecule has 3 aromatic heterocycles. The Hall–Kier alpha value is -6.25. The highest BCUT2D eigenvalue weighted by atomic mass is 32.1. The van der Waals surface area contributed by atoms with Crippen molar-refractivity contribution in [3.05, 3.63) is 113 Å². The zero-order valence-electron chi connectivity index (χ0n) is 53.4. The summed E-state index contributed by atoms with van der Waals surface area (Å²) in [4.78, 5) is 46.2. The average molecular weight is 1210 g/mol. The summed E-state index contributed by atoms with van der Waals surface area (Å²) < 4.78 is 8.07. The SMILES string of the molecule is CC.CN.Cc1ncsc1-c1ccc(C(C)NC(=O)C2CCCN2C(=O)C(c2cc(N3CCC(CN4CCC(CN5CCC6(CC5)CC(N5CCC(C(C)n7cc(C(/C=C(\N)c8ccccc8O)=C(N)N)cn7)CC5)C6)CC4)CC3)no2)C(C)C)cc1.